The molecule has 0 radical (unpaired) electrons. The Labute approximate surface area is 89.4 Å². The zero-order valence-electron chi connectivity index (χ0n) is 10.7. The number of ether oxygens (including phenoxy) is 1. The predicted molar refractivity (Wildman–Crippen MR) is 62.6 cm³/mol. The summed E-state index contributed by atoms with van der Waals surface area (Å²) >= 11 is 0. The van der Waals surface area contributed by atoms with Gasteiger partial charge in [0.25, 0.3) is 0 Å². The van der Waals surface area contributed by atoms with Crippen molar-refractivity contribution in [1.29, 1.82) is 0 Å². The van der Waals surface area contributed by atoms with Crippen molar-refractivity contribution >= 4 is 0 Å². The highest BCUT2D eigenvalue weighted by Gasteiger charge is 2.15. The van der Waals surface area contributed by atoms with Crippen LogP contribution >= 0.6 is 0 Å². The lowest BCUT2D eigenvalue weighted by Gasteiger charge is -2.24. The molecule has 1 atom stereocenters. The minimum absolute atomic E-state index is 0.00451. The maximum Gasteiger partial charge on any atom is 0.0634 e. The summed E-state index contributed by atoms with van der Waals surface area (Å²) in [6, 6.07) is 0.614. The van der Waals surface area contributed by atoms with Crippen LogP contribution < -0.4 is 5.32 Å². The summed E-state index contributed by atoms with van der Waals surface area (Å²) < 4.78 is 5.36. The first-order valence-electron chi connectivity index (χ1n) is 5.66. The van der Waals surface area contributed by atoms with E-state index in [0.29, 0.717) is 6.04 Å². The van der Waals surface area contributed by atoms with Crippen LogP contribution in [0.15, 0.2) is 0 Å². The molecule has 1 N–H and O–H groups in total. The van der Waals surface area contributed by atoms with Gasteiger partial charge in [-0.25, -0.2) is 0 Å². The van der Waals surface area contributed by atoms with Crippen LogP contribution in [0.25, 0.3) is 0 Å². The normalized spacial score (nSPS) is 14.8. The molecule has 14 heavy (non-hydrogen) atoms. The average molecular weight is 201 g/mol. The Balaban J connectivity index is 3.53. The standard InChI is InChI=1S/C12H27NO/c1-10(2)9-11(3)13-8-7-12(4,5)14-6/h10-11,13H,7-9H2,1-6H3. The number of methoxy groups -OCH3 is 1. The van der Waals surface area contributed by atoms with Gasteiger partial charge in [0, 0.05) is 13.2 Å². The monoisotopic (exact) mass is 201 g/mol. The van der Waals surface area contributed by atoms with Gasteiger partial charge in [-0.1, -0.05) is 13.8 Å². The van der Waals surface area contributed by atoms with E-state index in [1.165, 1.54) is 6.42 Å². The zero-order chi connectivity index (χ0) is 11.2. The van der Waals surface area contributed by atoms with E-state index in [-0.39, 0.29) is 5.60 Å². The number of hydrogen-bond acceptors (Lipinski definition) is 2. The van der Waals surface area contributed by atoms with E-state index in [1.807, 2.05) is 0 Å². The Morgan fingerprint density at radius 1 is 1.21 bits per heavy atom. The first-order valence-corrected chi connectivity index (χ1v) is 5.66. The fourth-order valence-corrected chi connectivity index (χ4v) is 1.51. The van der Waals surface area contributed by atoms with E-state index < -0.39 is 0 Å². The van der Waals surface area contributed by atoms with Gasteiger partial charge in [0.15, 0.2) is 0 Å². The molecular formula is C12H27NO. The van der Waals surface area contributed by atoms with Gasteiger partial charge in [-0.2, -0.15) is 0 Å². The van der Waals surface area contributed by atoms with Gasteiger partial charge in [0.1, 0.15) is 0 Å². The molecule has 0 saturated heterocycles. The second-order valence-electron chi connectivity index (χ2n) is 5.20. The van der Waals surface area contributed by atoms with Crippen molar-refractivity contribution < 1.29 is 4.74 Å². The van der Waals surface area contributed by atoms with Gasteiger partial charge >= 0.3 is 0 Å². The first kappa shape index (κ1) is 13.9. The Morgan fingerprint density at radius 3 is 2.21 bits per heavy atom. The Hall–Kier alpha value is -0.0800. The molecule has 1 unspecified atom stereocenters. The van der Waals surface area contributed by atoms with Crippen LogP contribution in [0.5, 0.6) is 0 Å². The lowest BCUT2D eigenvalue weighted by atomic mass is 10.0. The van der Waals surface area contributed by atoms with Gasteiger partial charge in [-0.15, -0.1) is 0 Å². The summed E-state index contributed by atoms with van der Waals surface area (Å²) in [7, 11) is 1.78. The van der Waals surface area contributed by atoms with E-state index in [4.69, 9.17) is 4.74 Å². The van der Waals surface area contributed by atoms with E-state index in [0.717, 1.165) is 18.9 Å². The third-order valence-corrected chi connectivity index (χ3v) is 2.60. The van der Waals surface area contributed by atoms with Crippen molar-refractivity contribution in [2.75, 3.05) is 13.7 Å². The molecule has 0 aromatic carbocycles. The summed E-state index contributed by atoms with van der Waals surface area (Å²) in [5.74, 6) is 0.771. The molecule has 0 fully saturated rings. The third-order valence-electron chi connectivity index (χ3n) is 2.60. The number of nitrogens with one attached hydrogen (secondary N) is 1. The molecule has 0 aromatic rings. The zero-order valence-corrected chi connectivity index (χ0v) is 10.7. The van der Waals surface area contributed by atoms with Crippen LogP contribution in [0.4, 0.5) is 0 Å². The average Bonchev–Trinajstić information content (AvgIpc) is 2.02. The Kier molecular flexibility index (Phi) is 6.38. The molecule has 0 rings (SSSR count). The molecule has 0 aromatic heterocycles. The summed E-state index contributed by atoms with van der Waals surface area (Å²) in [4.78, 5) is 0. The van der Waals surface area contributed by atoms with Crippen molar-refractivity contribution in [3.05, 3.63) is 0 Å². The molecule has 0 amide bonds. The molecule has 0 heterocycles. The summed E-state index contributed by atoms with van der Waals surface area (Å²) in [5.41, 5.74) is 0.00451. The molecule has 2 nitrogen and oxygen atoms in total. The second kappa shape index (κ2) is 6.41. The van der Waals surface area contributed by atoms with E-state index in [1.54, 1.807) is 7.11 Å². The Bertz CT molecular complexity index is 143. The van der Waals surface area contributed by atoms with Crippen molar-refractivity contribution in [2.45, 2.75) is 59.1 Å². The summed E-state index contributed by atoms with van der Waals surface area (Å²) in [6.45, 7) is 12.1. The molecule has 0 bridgehead atoms. The smallest absolute Gasteiger partial charge is 0.0634 e. The molecule has 0 saturated carbocycles. The molecule has 0 aliphatic heterocycles. The lowest BCUT2D eigenvalue weighted by molar-refractivity contribution is 0.0153. The van der Waals surface area contributed by atoms with E-state index >= 15 is 0 Å². The summed E-state index contributed by atoms with van der Waals surface area (Å²) in [5, 5.41) is 3.52. The van der Waals surface area contributed by atoms with Crippen LogP contribution in [-0.2, 0) is 4.74 Å². The highest BCUT2D eigenvalue weighted by Crippen LogP contribution is 2.12. The lowest BCUT2D eigenvalue weighted by Crippen LogP contribution is -2.33. The van der Waals surface area contributed by atoms with Crippen molar-refractivity contribution in [2.24, 2.45) is 5.92 Å². The first-order chi connectivity index (χ1) is 6.37. The predicted octanol–water partition coefficient (Wildman–Crippen LogP) is 2.83. The molecule has 0 spiro atoms. The number of rotatable bonds is 7. The van der Waals surface area contributed by atoms with Crippen LogP contribution in [0.2, 0.25) is 0 Å². The van der Waals surface area contributed by atoms with Gasteiger partial charge in [-0.05, 0) is 46.1 Å². The number of hydrogen-bond donors (Lipinski definition) is 1. The van der Waals surface area contributed by atoms with E-state index in [2.05, 4.69) is 39.9 Å². The molecule has 0 aliphatic rings. The maximum atomic E-state index is 5.36. The van der Waals surface area contributed by atoms with Crippen molar-refractivity contribution in [1.82, 2.24) is 5.32 Å². The highest BCUT2D eigenvalue weighted by molar-refractivity contribution is 4.71. The fourth-order valence-electron chi connectivity index (χ4n) is 1.51. The van der Waals surface area contributed by atoms with E-state index in [9.17, 15) is 0 Å². The molecule has 86 valence electrons. The SMILES string of the molecule is COC(C)(C)CCNC(C)CC(C)C. The largest absolute Gasteiger partial charge is 0.379 e. The Morgan fingerprint density at radius 2 is 1.79 bits per heavy atom. The minimum atomic E-state index is 0.00451. The summed E-state index contributed by atoms with van der Waals surface area (Å²) in [6.07, 6.45) is 2.30. The second-order valence-corrected chi connectivity index (χ2v) is 5.20. The molecule has 0 aliphatic carbocycles. The fraction of sp³-hybridized carbons (Fsp3) is 1.00. The topological polar surface area (TPSA) is 21.3 Å². The maximum absolute atomic E-state index is 5.36. The quantitative estimate of drug-likeness (QED) is 0.684. The van der Waals surface area contributed by atoms with Crippen LogP contribution in [0.3, 0.4) is 0 Å². The van der Waals surface area contributed by atoms with Gasteiger partial charge in [0.2, 0.25) is 0 Å². The van der Waals surface area contributed by atoms with Crippen molar-refractivity contribution in [3.8, 4) is 0 Å². The van der Waals surface area contributed by atoms with Gasteiger partial charge in [-0.3, -0.25) is 0 Å². The van der Waals surface area contributed by atoms with Crippen molar-refractivity contribution in [3.63, 3.8) is 0 Å². The molecular weight excluding hydrogens is 174 g/mol. The molecule has 2 heteroatoms. The van der Waals surface area contributed by atoms with Crippen LogP contribution in [0, 0.1) is 5.92 Å². The van der Waals surface area contributed by atoms with Gasteiger partial charge in [0.05, 0.1) is 5.60 Å². The van der Waals surface area contributed by atoms with Crippen LogP contribution in [-0.4, -0.2) is 25.3 Å². The minimum Gasteiger partial charge on any atom is -0.379 e. The van der Waals surface area contributed by atoms with Crippen LogP contribution in [0.1, 0.15) is 47.5 Å². The van der Waals surface area contributed by atoms with Gasteiger partial charge < -0.3 is 10.1 Å². The third kappa shape index (κ3) is 7.34. The highest BCUT2D eigenvalue weighted by atomic mass is 16.5.